The lowest BCUT2D eigenvalue weighted by molar-refractivity contribution is -0.137. The lowest BCUT2D eigenvalue weighted by Crippen LogP contribution is -2.27. The van der Waals surface area contributed by atoms with E-state index in [0.717, 1.165) is 28.3 Å². The average molecular weight is 424 g/mol. The number of halogens is 3. The van der Waals surface area contributed by atoms with E-state index in [9.17, 15) is 13.2 Å². The Morgan fingerprint density at radius 2 is 1.23 bits per heavy atom. The standard InChI is InChI=1S/C24H20F3N2P/c1-17-3-11-21(12-4-17)30(22-13-5-18(2)6-14-22)23-28-15-16-29(23)20-9-7-19(8-10-20)24(25,26)27/h3-16H,1-2H3. The molecule has 0 aliphatic heterocycles. The van der Waals surface area contributed by atoms with E-state index in [1.54, 1.807) is 12.4 Å². The van der Waals surface area contributed by atoms with Crippen LogP contribution in [0, 0.1) is 13.8 Å². The highest BCUT2D eigenvalue weighted by Crippen LogP contribution is 2.34. The number of benzene rings is 3. The van der Waals surface area contributed by atoms with E-state index >= 15 is 0 Å². The number of hydrogen-bond donors (Lipinski definition) is 0. The van der Waals surface area contributed by atoms with Crippen molar-refractivity contribution in [3.8, 4) is 5.69 Å². The third-order valence-corrected chi connectivity index (χ3v) is 7.24. The first-order valence-corrected chi connectivity index (χ1v) is 10.8. The van der Waals surface area contributed by atoms with Crippen LogP contribution in [0.2, 0.25) is 0 Å². The molecule has 1 heterocycles. The normalized spacial score (nSPS) is 11.8. The second-order valence-corrected chi connectivity index (χ2v) is 9.25. The first kappa shape index (κ1) is 20.4. The summed E-state index contributed by atoms with van der Waals surface area (Å²) in [6, 6.07) is 21.9. The summed E-state index contributed by atoms with van der Waals surface area (Å²) >= 11 is 0. The molecule has 6 heteroatoms. The van der Waals surface area contributed by atoms with Crippen molar-refractivity contribution in [2.75, 3.05) is 0 Å². The molecule has 0 amide bonds. The van der Waals surface area contributed by atoms with E-state index < -0.39 is 19.7 Å². The predicted molar refractivity (Wildman–Crippen MR) is 117 cm³/mol. The summed E-state index contributed by atoms with van der Waals surface area (Å²) in [5.74, 6) is 0. The van der Waals surface area contributed by atoms with Gasteiger partial charge in [-0.3, -0.25) is 4.57 Å². The first-order chi connectivity index (χ1) is 14.3. The number of alkyl halides is 3. The van der Waals surface area contributed by atoms with Gasteiger partial charge in [-0.1, -0.05) is 59.7 Å². The van der Waals surface area contributed by atoms with Crippen LogP contribution in [0.1, 0.15) is 16.7 Å². The molecule has 0 radical (unpaired) electrons. The molecule has 0 bridgehead atoms. The van der Waals surface area contributed by atoms with E-state index in [1.807, 2.05) is 18.4 Å². The van der Waals surface area contributed by atoms with E-state index in [-0.39, 0.29) is 0 Å². The van der Waals surface area contributed by atoms with E-state index in [2.05, 4.69) is 53.5 Å². The Morgan fingerprint density at radius 1 is 0.733 bits per heavy atom. The van der Waals surface area contributed by atoms with Gasteiger partial charge in [0.15, 0.2) is 0 Å². The summed E-state index contributed by atoms with van der Waals surface area (Å²) < 4.78 is 40.8. The fraction of sp³-hybridized carbons (Fsp3) is 0.125. The summed E-state index contributed by atoms with van der Waals surface area (Å²) in [6.45, 7) is 4.09. The van der Waals surface area contributed by atoms with Gasteiger partial charge in [0.05, 0.1) is 5.56 Å². The molecule has 0 N–H and O–H groups in total. The lowest BCUT2D eigenvalue weighted by atomic mass is 10.2. The maximum Gasteiger partial charge on any atom is 0.416 e. The van der Waals surface area contributed by atoms with Gasteiger partial charge in [-0.2, -0.15) is 13.2 Å². The van der Waals surface area contributed by atoms with Crippen LogP contribution in [0.4, 0.5) is 13.2 Å². The minimum atomic E-state index is -4.35. The van der Waals surface area contributed by atoms with E-state index in [4.69, 9.17) is 0 Å². The fourth-order valence-electron chi connectivity index (χ4n) is 3.24. The monoisotopic (exact) mass is 424 g/mol. The number of aromatic nitrogens is 2. The molecule has 30 heavy (non-hydrogen) atoms. The van der Waals surface area contributed by atoms with Gasteiger partial charge in [0.2, 0.25) is 0 Å². The number of rotatable bonds is 4. The average Bonchev–Trinajstić information content (AvgIpc) is 3.20. The van der Waals surface area contributed by atoms with Crippen molar-refractivity contribution >= 4 is 24.1 Å². The number of hydrogen-bond acceptors (Lipinski definition) is 1. The summed E-state index contributed by atoms with van der Waals surface area (Å²) in [4.78, 5) is 4.63. The summed E-state index contributed by atoms with van der Waals surface area (Å²) in [7, 11) is -0.979. The molecule has 4 aromatic rings. The number of nitrogens with zero attached hydrogens (tertiary/aromatic N) is 2. The zero-order valence-electron chi connectivity index (χ0n) is 16.6. The zero-order chi connectivity index (χ0) is 21.3. The Labute approximate surface area is 174 Å². The maximum atomic E-state index is 13.0. The molecule has 0 unspecified atom stereocenters. The minimum absolute atomic E-state index is 0.655. The maximum absolute atomic E-state index is 13.0. The van der Waals surface area contributed by atoms with Crippen LogP contribution in [-0.2, 0) is 6.18 Å². The zero-order valence-corrected chi connectivity index (χ0v) is 17.5. The van der Waals surface area contributed by atoms with E-state index in [0.29, 0.717) is 5.69 Å². The number of aryl methyl sites for hydroxylation is 2. The van der Waals surface area contributed by atoms with Gasteiger partial charge in [-0.05, 0) is 48.7 Å². The Kier molecular flexibility index (Phi) is 5.48. The fourth-order valence-corrected chi connectivity index (χ4v) is 5.48. The molecule has 0 spiro atoms. The van der Waals surface area contributed by atoms with Crippen molar-refractivity contribution in [2.24, 2.45) is 0 Å². The molecule has 0 aliphatic rings. The molecular weight excluding hydrogens is 404 g/mol. The lowest BCUT2D eigenvalue weighted by Gasteiger charge is -2.20. The van der Waals surface area contributed by atoms with Crippen LogP contribution < -0.4 is 16.2 Å². The van der Waals surface area contributed by atoms with Gasteiger partial charge >= 0.3 is 6.18 Å². The first-order valence-electron chi connectivity index (χ1n) is 9.47. The highest BCUT2D eigenvalue weighted by Gasteiger charge is 2.30. The topological polar surface area (TPSA) is 17.8 Å². The Morgan fingerprint density at radius 3 is 1.70 bits per heavy atom. The molecule has 0 atom stereocenters. The van der Waals surface area contributed by atoms with Crippen molar-refractivity contribution in [2.45, 2.75) is 20.0 Å². The Bertz CT molecular complexity index is 1080. The Hall–Kier alpha value is -2.91. The van der Waals surface area contributed by atoms with Crippen LogP contribution in [0.5, 0.6) is 0 Å². The second-order valence-electron chi connectivity index (χ2n) is 7.15. The van der Waals surface area contributed by atoms with Crippen molar-refractivity contribution in [1.82, 2.24) is 9.55 Å². The second kappa shape index (κ2) is 8.08. The molecule has 1 aromatic heterocycles. The van der Waals surface area contributed by atoms with Gasteiger partial charge in [0, 0.05) is 26.0 Å². The molecule has 0 saturated carbocycles. The quantitative estimate of drug-likeness (QED) is 0.409. The largest absolute Gasteiger partial charge is 0.416 e. The van der Waals surface area contributed by atoms with Gasteiger partial charge in [0.1, 0.15) is 5.57 Å². The minimum Gasteiger partial charge on any atom is -0.300 e. The third kappa shape index (κ3) is 4.17. The molecule has 152 valence electrons. The molecule has 3 aromatic carbocycles. The summed E-state index contributed by atoms with van der Waals surface area (Å²) in [6.07, 6.45) is -0.854. The molecule has 0 fully saturated rings. The molecular formula is C24H20F3N2P. The molecule has 2 nitrogen and oxygen atoms in total. The van der Waals surface area contributed by atoms with Crippen LogP contribution >= 0.6 is 7.92 Å². The third-order valence-electron chi connectivity index (χ3n) is 4.88. The predicted octanol–water partition coefficient (Wildman–Crippen LogP) is 5.27. The molecule has 0 saturated heterocycles. The molecule has 0 aliphatic carbocycles. The molecule has 4 rings (SSSR count). The van der Waals surface area contributed by atoms with Crippen molar-refractivity contribution in [1.29, 1.82) is 0 Å². The van der Waals surface area contributed by atoms with E-state index in [1.165, 1.54) is 23.3 Å². The highest BCUT2D eigenvalue weighted by molar-refractivity contribution is 7.79. The Balaban J connectivity index is 1.82. The number of imidazole rings is 1. The highest BCUT2D eigenvalue weighted by atomic mass is 31.1. The smallest absolute Gasteiger partial charge is 0.300 e. The summed E-state index contributed by atoms with van der Waals surface area (Å²) in [5, 5.41) is 2.28. The van der Waals surface area contributed by atoms with Crippen molar-refractivity contribution < 1.29 is 13.2 Å². The van der Waals surface area contributed by atoms with Gasteiger partial charge in [0.25, 0.3) is 0 Å². The van der Waals surface area contributed by atoms with Gasteiger partial charge in [-0.25, -0.2) is 4.98 Å². The van der Waals surface area contributed by atoms with Gasteiger partial charge < -0.3 is 0 Å². The van der Waals surface area contributed by atoms with Crippen molar-refractivity contribution in [3.05, 3.63) is 102 Å². The SMILES string of the molecule is Cc1ccc(P(c2ccc(C)cc2)c2nccn2-c2ccc(C(F)(F)F)cc2)cc1. The van der Waals surface area contributed by atoms with Crippen LogP contribution in [0.15, 0.2) is 85.2 Å². The van der Waals surface area contributed by atoms with Gasteiger partial charge in [-0.15, -0.1) is 0 Å². The van der Waals surface area contributed by atoms with Crippen LogP contribution in [0.3, 0.4) is 0 Å². The van der Waals surface area contributed by atoms with Crippen LogP contribution in [-0.4, -0.2) is 9.55 Å². The van der Waals surface area contributed by atoms with Crippen molar-refractivity contribution in [3.63, 3.8) is 0 Å². The van der Waals surface area contributed by atoms with Crippen LogP contribution in [0.25, 0.3) is 5.69 Å². The summed E-state index contributed by atoms with van der Waals surface area (Å²) in [5.41, 5.74) is 3.15.